The van der Waals surface area contributed by atoms with E-state index in [4.69, 9.17) is 11.6 Å². The lowest BCUT2D eigenvalue weighted by molar-refractivity contribution is 0.419. The molecule has 0 aliphatic heterocycles. The summed E-state index contributed by atoms with van der Waals surface area (Å²) in [7, 11) is 0. The summed E-state index contributed by atoms with van der Waals surface area (Å²) in [5, 5.41) is 0. The van der Waals surface area contributed by atoms with Gasteiger partial charge in [0, 0.05) is 5.88 Å². The zero-order chi connectivity index (χ0) is 10.5. The Balaban J connectivity index is 2.14. The Morgan fingerprint density at radius 2 is 2.07 bits per heavy atom. The standard InChI is InChI=1S/C14H17Cl/c15-11-4-3-7-12-6-1-2-10-14(12)13-8-5-9-13/h1-3,6-7,10,13H,4-5,8-9,11H2/b7-3+. The van der Waals surface area contributed by atoms with Crippen molar-refractivity contribution in [2.75, 3.05) is 5.88 Å². The largest absolute Gasteiger partial charge is 0.126 e. The van der Waals surface area contributed by atoms with Crippen LogP contribution in [-0.2, 0) is 0 Å². The first-order chi connectivity index (χ1) is 7.42. The van der Waals surface area contributed by atoms with Gasteiger partial charge in [-0.3, -0.25) is 0 Å². The Hall–Kier alpha value is -0.750. The maximum Gasteiger partial charge on any atom is 0.0258 e. The summed E-state index contributed by atoms with van der Waals surface area (Å²) in [6.07, 6.45) is 9.46. The fourth-order valence-electron chi connectivity index (χ4n) is 2.03. The van der Waals surface area contributed by atoms with Crippen LogP contribution in [0.3, 0.4) is 0 Å². The predicted octanol–water partition coefficient (Wildman–Crippen LogP) is 4.60. The summed E-state index contributed by atoms with van der Waals surface area (Å²) in [5.74, 6) is 1.52. The zero-order valence-electron chi connectivity index (χ0n) is 8.95. The molecule has 1 aromatic carbocycles. The Kier molecular flexibility index (Phi) is 3.85. The number of allylic oxidation sites excluding steroid dienone is 1. The lowest BCUT2D eigenvalue weighted by atomic mass is 9.78. The molecule has 1 saturated carbocycles. The first-order valence-corrected chi connectivity index (χ1v) is 6.26. The van der Waals surface area contributed by atoms with Crippen molar-refractivity contribution >= 4 is 17.7 Å². The average molecular weight is 221 g/mol. The fourth-order valence-corrected chi connectivity index (χ4v) is 2.15. The lowest BCUT2D eigenvalue weighted by Gasteiger charge is -2.27. The quantitative estimate of drug-likeness (QED) is 0.651. The highest BCUT2D eigenvalue weighted by Gasteiger charge is 2.20. The number of hydrogen-bond acceptors (Lipinski definition) is 0. The highest BCUT2D eigenvalue weighted by atomic mass is 35.5. The van der Waals surface area contributed by atoms with E-state index in [-0.39, 0.29) is 0 Å². The van der Waals surface area contributed by atoms with Crippen LogP contribution in [0.5, 0.6) is 0 Å². The van der Waals surface area contributed by atoms with Gasteiger partial charge in [-0.1, -0.05) is 42.8 Å². The number of hydrogen-bond donors (Lipinski definition) is 0. The van der Waals surface area contributed by atoms with Crippen LogP contribution < -0.4 is 0 Å². The summed E-state index contributed by atoms with van der Waals surface area (Å²) in [6.45, 7) is 0. The Labute approximate surface area is 97.0 Å². The first-order valence-electron chi connectivity index (χ1n) is 5.73. The van der Waals surface area contributed by atoms with Crippen LogP contribution in [0.15, 0.2) is 30.3 Å². The molecule has 0 saturated heterocycles. The maximum atomic E-state index is 5.66. The minimum Gasteiger partial charge on any atom is -0.126 e. The molecule has 0 radical (unpaired) electrons. The van der Waals surface area contributed by atoms with Gasteiger partial charge < -0.3 is 0 Å². The molecule has 0 heterocycles. The van der Waals surface area contributed by atoms with Crippen LogP contribution in [0.25, 0.3) is 6.08 Å². The maximum absolute atomic E-state index is 5.66. The summed E-state index contributed by atoms with van der Waals surface area (Å²) >= 11 is 5.66. The van der Waals surface area contributed by atoms with E-state index in [9.17, 15) is 0 Å². The van der Waals surface area contributed by atoms with Crippen molar-refractivity contribution in [1.82, 2.24) is 0 Å². The molecule has 0 aromatic heterocycles. The molecule has 1 aliphatic carbocycles. The van der Waals surface area contributed by atoms with Crippen molar-refractivity contribution in [2.45, 2.75) is 31.6 Å². The van der Waals surface area contributed by atoms with Crippen molar-refractivity contribution in [2.24, 2.45) is 0 Å². The molecule has 0 nitrogen and oxygen atoms in total. The van der Waals surface area contributed by atoms with Gasteiger partial charge in [-0.2, -0.15) is 0 Å². The van der Waals surface area contributed by atoms with Gasteiger partial charge in [0.05, 0.1) is 0 Å². The minimum absolute atomic E-state index is 0.710. The number of alkyl halides is 1. The third kappa shape index (κ3) is 2.63. The van der Waals surface area contributed by atoms with Gasteiger partial charge in [-0.05, 0) is 36.3 Å². The highest BCUT2D eigenvalue weighted by Crippen LogP contribution is 2.38. The van der Waals surface area contributed by atoms with E-state index in [0.717, 1.165) is 12.3 Å². The second-order valence-electron chi connectivity index (χ2n) is 4.14. The van der Waals surface area contributed by atoms with Crippen LogP contribution in [0.2, 0.25) is 0 Å². The van der Waals surface area contributed by atoms with Gasteiger partial charge in [0.15, 0.2) is 0 Å². The molecular weight excluding hydrogens is 204 g/mol. The van der Waals surface area contributed by atoms with E-state index in [0.29, 0.717) is 5.88 Å². The van der Waals surface area contributed by atoms with Crippen LogP contribution in [0.1, 0.15) is 42.7 Å². The number of rotatable bonds is 4. The molecule has 1 aliphatic rings. The molecule has 0 bridgehead atoms. The monoisotopic (exact) mass is 220 g/mol. The molecule has 80 valence electrons. The van der Waals surface area contributed by atoms with Gasteiger partial charge >= 0.3 is 0 Å². The number of halogens is 1. The van der Waals surface area contributed by atoms with E-state index in [2.05, 4.69) is 36.4 Å². The molecule has 0 N–H and O–H groups in total. The molecule has 1 heteroatoms. The van der Waals surface area contributed by atoms with Crippen LogP contribution in [-0.4, -0.2) is 5.88 Å². The van der Waals surface area contributed by atoms with Gasteiger partial charge in [-0.25, -0.2) is 0 Å². The second-order valence-corrected chi connectivity index (χ2v) is 4.51. The third-order valence-corrected chi connectivity index (χ3v) is 3.33. The van der Waals surface area contributed by atoms with Gasteiger partial charge in [0.25, 0.3) is 0 Å². The third-order valence-electron chi connectivity index (χ3n) is 3.11. The summed E-state index contributed by atoms with van der Waals surface area (Å²) in [4.78, 5) is 0. The average Bonchev–Trinajstić information content (AvgIpc) is 2.18. The Morgan fingerprint density at radius 1 is 1.27 bits per heavy atom. The molecule has 0 atom stereocenters. The van der Waals surface area contributed by atoms with Crippen LogP contribution in [0, 0.1) is 0 Å². The van der Waals surface area contributed by atoms with Crippen molar-refractivity contribution in [3.63, 3.8) is 0 Å². The van der Waals surface area contributed by atoms with Gasteiger partial charge in [0.1, 0.15) is 0 Å². The molecule has 1 aromatic rings. The van der Waals surface area contributed by atoms with E-state index in [1.54, 1.807) is 0 Å². The lowest BCUT2D eigenvalue weighted by Crippen LogP contribution is -2.09. The normalized spacial score (nSPS) is 16.9. The van der Waals surface area contributed by atoms with E-state index in [1.165, 1.54) is 30.4 Å². The van der Waals surface area contributed by atoms with Crippen LogP contribution in [0.4, 0.5) is 0 Å². The molecule has 15 heavy (non-hydrogen) atoms. The minimum atomic E-state index is 0.710. The Morgan fingerprint density at radius 3 is 2.73 bits per heavy atom. The summed E-state index contributed by atoms with van der Waals surface area (Å²) in [6, 6.07) is 8.73. The Bertz CT molecular complexity index is 337. The van der Waals surface area contributed by atoms with Crippen LogP contribution >= 0.6 is 11.6 Å². The molecule has 2 rings (SSSR count). The van der Waals surface area contributed by atoms with Crippen molar-refractivity contribution in [3.8, 4) is 0 Å². The summed E-state index contributed by atoms with van der Waals surface area (Å²) < 4.78 is 0. The van der Waals surface area contributed by atoms with Crippen molar-refractivity contribution in [3.05, 3.63) is 41.5 Å². The first kappa shape index (κ1) is 10.8. The SMILES string of the molecule is ClCC/C=C/c1ccccc1C1CCC1. The summed E-state index contributed by atoms with van der Waals surface area (Å²) in [5.41, 5.74) is 2.90. The molecular formula is C14H17Cl. The molecule has 0 spiro atoms. The van der Waals surface area contributed by atoms with E-state index >= 15 is 0 Å². The smallest absolute Gasteiger partial charge is 0.0258 e. The van der Waals surface area contributed by atoms with E-state index in [1.807, 2.05) is 0 Å². The van der Waals surface area contributed by atoms with Crippen molar-refractivity contribution in [1.29, 1.82) is 0 Å². The molecule has 1 fully saturated rings. The fraction of sp³-hybridized carbons (Fsp3) is 0.429. The topological polar surface area (TPSA) is 0 Å². The highest BCUT2D eigenvalue weighted by molar-refractivity contribution is 6.17. The van der Waals surface area contributed by atoms with Gasteiger partial charge in [0.2, 0.25) is 0 Å². The zero-order valence-corrected chi connectivity index (χ0v) is 9.71. The molecule has 0 unspecified atom stereocenters. The number of benzene rings is 1. The van der Waals surface area contributed by atoms with E-state index < -0.39 is 0 Å². The van der Waals surface area contributed by atoms with Gasteiger partial charge in [-0.15, -0.1) is 11.6 Å². The molecule has 0 amide bonds. The predicted molar refractivity (Wildman–Crippen MR) is 67.4 cm³/mol. The van der Waals surface area contributed by atoms with Crippen molar-refractivity contribution < 1.29 is 0 Å². The second kappa shape index (κ2) is 5.37.